The van der Waals surface area contributed by atoms with Crippen molar-refractivity contribution in [2.75, 3.05) is 6.61 Å². The zero-order chi connectivity index (χ0) is 11.3. The SMILES string of the molecule is CCCC(C(=O)OCC)c1sccc1Br. The molecule has 0 spiro atoms. The normalized spacial score (nSPS) is 12.5. The van der Waals surface area contributed by atoms with Crippen LogP contribution in [0.2, 0.25) is 0 Å². The molecule has 0 N–H and O–H groups in total. The average molecular weight is 291 g/mol. The van der Waals surface area contributed by atoms with Crippen molar-refractivity contribution < 1.29 is 9.53 Å². The predicted octanol–water partition coefficient (Wildman–Crippen LogP) is 3.96. The van der Waals surface area contributed by atoms with Gasteiger partial charge in [0.1, 0.15) is 0 Å². The Labute approximate surface area is 103 Å². The second-order valence-electron chi connectivity index (χ2n) is 3.23. The molecule has 0 bridgehead atoms. The maximum Gasteiger partial charge on any atom is 0.314 e. The second-order valence-corrected chi connectivity index (χ2v) is 5.03. The summed E-state index contributed by atoms with van der Waals surface area (Å²) in [5.41, 5.74) is 0. The lowest BCUT2D eigenvalue weighted by atomic mass is 10.0. The van der Waals surface area contributed by atoms with Crippen molar-refractivity contribution in [3.63, 3.8) is 0 Å². The first-order valence-electron chi connectivity index (χ1n) is 5.10. The third-order valence-corrected chi connectivity index (χ3v) is 4.09. The van der Waals surface area contributed by atoms with Gasteiger partial charge in [-0.1, -0.05) is 13.3 Å². The van der Waals surface area contributed by atoms with E-state index in [0.717, 1.165) is 22.2 Å². The molecule has 0 aliphatic heterocycles. The molecule has 2 nitrogen and oxygen atoms in total. The van der Waals surface area contributed by atoms with Gasteiger partial charge >= 0.3 is 5.97 Å². The third kappa shape index (κ3) is 3.31. The van der Waals surface area contributed by atoms with E-state index in [9.17, 15) is 4.79 Å². The Morgan fingerprint density at radius 1 is 1.60 bits per heavy atom. The lowest BCUT2D eigenvalue weighted by Gasteiger charge is -2.13. The molecule has 1 aromatic rings. The van der Waals surface area contributed by atoms with E-state index in [0.29, 0.717) is 6.61 Å². The highest BCUT2D eigenvalue weighted by atomic mass is 79.9. The summed E-state index contributed by atoms with van der Waals surface area (Å²) in [5.74, 6) is -0.216. The van der Waals surface area contributed by atoms with Crippen LogP contribution in [0, 0.1) is 0 Å². The molecule has 0 amide bonds. The van der Waals surface area contributed by atoms with E-state index in [1.165, 1.54) is 0 Å². The standard InChI is InChI=1S/C11H15BrO2S/c1-3-5-8(11(13)14-4-2)10-9(12)6-7-15-10/h6-8H,3-5H2,1-2H3. The summed E-state index contributed by atoms with van der Waals surface area (Å²) in [6.45, 7) is 4.36. The molecule has 0 fully saturated rings. The van der Waals surface area contributed by atoms with Gasteiger partial charge in [-0.05, 0) is 40.7 Å². The first-order valence-corrected chi connectivity index (χ1v) is 6.77. The highest BCUT2D eigenvalue weighted by Gasteiger charge is 2.24. The molecule has 1 aromatic heterocycles. The number of hydrogen-bond acceptors (Lipinski definition) is 3. The molecule has 84 valence electrons. The fourth-order valence-electron chi connectivity index (χ4n) is 1.44. The summed E-state index contributed by atoms with van der Waals surface area (Å²) in [5, 5.41) is 1.99. The fourth-order valence-corrected chi connectivity index (χ4v) is 3.22. The minimum atomic E-state index is -0.109. The van der Waals surface area contributed by atoms with Gasteiger partial charge in [0.15, 0.2) is 0 Å². The molecule has 0 aliphatic rings. The minimum absolute atomic E-state index is 0.107. The van der Waals surface area contributed by atoms with Gasteiger partial charge in [0, 0.05) is 9.35 Å². The Morgan fingerprint density at radius 2 is 2.33 bits per heavy atom. The van der Waals surface area contributed by atoms with Gasteiger partial charge in [-0.15, -0.1) is 11.3 Å². The van der Waals surface area contributed by atoms with E-state index in [-0.39, 0.29) is 11.9 Å². The summed E-state index contributed by atoms with van der Waals surface area (Å²) < 4.78 is 6.10. The van der Waals surface area contributed by atoms with Crippen molar-refractivity contribution in [1.29, 1.82) is 0 Å². The van der Waals surface area contributed by atoms with Crippen molar-refractivity contribution in [3.8, 4) is 0 Å². The lowest BCUT2D eigenvalue weighted by Crippen LogP contribution is -2.15. The Balaban J connectivity index is 2.83. The minimum Gasteiger partial charge on any atom is -0.465 e. The van der Waals surface area contributed by atoms with Crippen LogP contribution in [-0.2, 0) is 9.53 Å². The van der Waals surface area contributed by atoms with Crippen LogP contribution >= 0.6 is 27.3 Å². The first kappa shape index (κ1) is 12.7. The molecule has 0 aliphatic carbocycles. The summed E-state index contributed by atoms with van der Waals surface area (Å²) in [6, 6.07) is 1.97. The molecule has 1 unspecified atom stereocenters. The van der Waals surface area contributed by atoms with Crippen molar-refractivity contribution in [3.05, 3.63) is 20.8 Å². The van der Waals surface area contributed by atoms with E-state index >= 15 is 0 Å². The fraction of sp³-hybridized carbons (Fsp3) is 0.545. The summed E-state index contributed by atoms with van der Waals surface area (Å²) in [4.78, 5) is 12.8. The van der Waals surface area contributed by atoms with Crippen molar-refractivity contribution in [2.24, 2.45) is 0 Å². The number of thiophene rings is 1. The van der Waals surface area contributed by atoms with Gasteiger partial charge in [0.2, 0.25) is 0 Å². The van der Waals surface area contributed by atoms with Gasteiger partial charge < -0.3 is 4.74 Å². The number of ether oxygens (including phenoxy) is 1. The number of rotatable bonds is 5. The van der Waals surface area contributed by atoms with Crippen LogP contribution in [0.25, 0.3) is 0 Å². The van der Waals surface area contributed by atoms with Crippen molar-refractivity contribution in [2.45, 2.75) is 32.6 Å². The monoisotopic (exact) mass is 290 g/mol. The van der Waals surface area contributed by atoms with Gasteiger partial charge in [-0.2, -0.15) is 0 Å². The lowest BCUT2D eigenvalue weighted by molar-refractivity contribution is -0.145. The predicted molar refractivity (Wildman–Crippen MR) is 66.3 cm³/mol. The van der Waals surface area contributed by atoms with E-state index in [4.69, 9.17) is 4.74 Å². The van der Waals surface area contributed by atoms with Gasteiger partial charge in [-0.25, -0.2) is 0 Å². The Bertz CT molecular complexity index is 322. The summed E-state index contributed by atoms with van der Waals surface area (Å²) in [7, 11) is 0. The third-order valence-electron chi connectivity index (χ3n) is 2.11. The molecular formula is C11H15BrO2S. The number of hydrogen-bond donors (Lipinski definition) is 0. The number of halogens is 1. The van der Waals surface area contributed by atoms with Crippen molar-refractivity contribution in [1.82, 2.24) is 0 Å². The highest BCUT2D eigenvalue weighted by Crippen LogP contribution is 2.33. The smallest absolute Gasteiger partial charge is 0.314 e. The van der Waals surface area contributed by atoms with E-state index < -0.39 is 0 Å². The second kappa shape index (κ2) is 6.28. The van der Waals surface area contributed by atoms with Gasteiger partial charge in [-0.3, -0.25) is 4.79 Å². The molecule has 1 rings (SSSR count). The van der Waals surface area contributed by atoms with Crippen LogP contribution in [-0.4, -0.2) is 12.6 Å². The molecule has 0 radical (unpaired) electrons. The molecular weight excluding hydrogens is 276 g/mol. The summed E-state index contributed by atoms with van der Waals surface area (Å²) in [6.07, 6.45) is 1.83. The molecule has 0 aromatic carbocycles. The van der Waals surface area contributed by atoms with Crippen LogP contribution in [0.5, 0.6) is 0 Å². The van der Waals surface area contributed by atoms with E-state index in [2.05, 4.69) is 22.9 Å². The molecule has 1 atom stereocenters. The zero-order valence-electron chi connectivity index (χ0n) is 8.96. The highest BCUT2D eigenvalue weighted by molar-refractivity contribution is 9.10. The maximum absolute atomic E-state index is 11.7. The van der Waals surface area contributed by atoms with Crippen LogP contribution in [0.3, 0.4) is 0 Å². The topological polar surface area (TPSA) is 26.3 Å². The molecule has 15 heavy (non-hydrogen) atoms. The summed E-state index contributed by atoms with van der Waals surface area (Å²) >= 11 is 5.06. The zero-order valence-corrected chi connectivity index (χ0v) is 11.4. The van der Waals surface area contributed by atoms with Crippen LogP contribution in [0.15, 0.2) is 15.9 Å². The largest absolute Gasteiger partial charge is 0.465 e. The van der Waals surface area contributed by atoms with E-state index in [1.54, 1.807) is 11.3 Å². The van der Waals surface area contributed by atoms with Gasteiger partial charge in [0.25, 0.3) is 0 Å². The van der Waals surface area contributed by atoms with Crippen molar-refractivity contribution >= 4 is 33.2 Å². The average Bonchev–Trinajstić information content (AvgIpc) is 2.61. The molecule has 0 saturated heterocycles. The number of carbonyl (C=O) groups excluding carboxylic acids is 1. The Morgan fingerprint density at radius 3 is 2.80 bits per heavy atom. The van der Waals surface area contributed by atoms with Crippen LogP contribution in [0.4, 0.5) is 0 Å². The Kier molecular flexibility index (Phi) is 5.32. The first-order chi connectivity index (χ1) is 7.20. The van der Waals surface area contributed by atoms with Crippen LogP contribution in [0.1, 0.15) is 37.5 Å². The van der Waals surface area contributed by atoms with E-state index in [1.807, 2.05) is 18.4 Å². The molecule has 4 heteroatoms. The molecule has 0 saturated carbocycles. The maximum atomic E-state index is 11.7. The van der Waals surface area contributed by atoms with Crippen LogP contribution < -0.4 is 0 Å². The Hall–Kier alpha value is -0.350. The molecule has 1 heterocycles. The quantitative estimate of drug-likeness (QED) is 0.768. The number of esters is 1. The number of carbonyl (C=O) groups is 1. The van der Waals surface area contributed by atoms with Gasteiger partial charge in [0.05, 0.1) is 12.5 Å².